The Hall–Kier alpha value is -1.51. The molecule has 0 saturated carbocycles. The zero-order chi connectivity index (χ0) is 13.9. The molecule has 0 atom stereocenters. The van der Waals surface area contributed by atoms with Crippen molar-refractivity contribution in [3.05, 3.63) is 4.88 Å². The minimum Gasteiger partial charge on any atom is -0.382 e. The van der Waals surface area contributed by atoms with E-state index in [1.807, 2.05) is 6.92 Å². The minimum atomic E-state index is -4.45. The lowest BCUT2D eigenvalue weighted by molar-refractivity contribution is -0.123. The van der Waals surface area contributed by atoms with E-state index in [1.54, 1.807) is 17.3 Å². The summed E-state index contributed by atoms with van der Waals surface area (Å²) in [6, 6.07) is 0. The number of nitrogens with zero attached hydrogens (tertiary/aromatic N) is 2. The maximum Gasteiger partial charge on any atom is 0.405 e. The van der Waals surface area contributed by atoms with Crippen molar-refractivity contribution in [3.63, 3.8) is 0 Å². The molecule has 1 aromatic rings. The van der Waals surface area contributed by atoms with Crippen molar-refractivity contribution < 1.29 is 18.0 Å². The van der Waals surface area contributed by atoms with Gasteiger partial charge in [-0.1, -0.05) is 11.3 Å². The first-order chi connectivity index (χ1) is 8.24. The second-order valence-electron chi connectivity index (χ2n) is 3.52. The molecule has 0 aromatic carbocycles. The topological polar surface area (TPSA) is 71.2 Å². The van der Waals surface area contributed by atoms with Gasteiger partial charge in [0.05, 0.1) is 0 Å². The number of amides is 1. The number of carbonyl (C=O) groups is 1. The van der Waals surface area contributed by atoms with Gasteiger partial charge in [0.15, 0.2) is 5.13 Å². The third-order valence-corrected chi connectivity index (χ3v) is 3.28. The Kier molecular flexibility index (Phi) is 4.38. The lowest BCUT2D eigenvalue weighted by atomic mass is 10.4. The molecule has 0 saturated heterocycles. The number of alkyl halides is 3. The second kappa shape index (κ2) is 5.42. The normalized spacial score (nSPS) is 11.4. The Balaban J connectivity index is 2.77. The van der Waals surface area contributed by atoms with Gasteiger partial charge in [-0.3, -0.25) is 4.79 Å². The first-order valence-electron chi connectivity index (χ1n) is 5.07. The molecule has 0 fully saturated rings. The molecule has 0 unspecified atom stereocenters. The molecule has 1 amide bonds. The van der Waals surface area contributed by atoms with Crippen molar-refractivity contribution in [2.45, 2.75) is 13.1 Å². The summed E-state index contributed by atoms with van der Waals surface area (Å²) in [6.07, 6.45) is -4.45. The molecule has 3 N–H and O–H groups in total. The Morgan fingerprint density at radius 2 is 2.17 bits per heavy atom. The van der Waals surface area contributed by atoms with Gasteiger partial charge in [-0.25, -0.2) is 4.98 Å². The molecule has 0 aliphatic carbocycles. The monoisotopic (exact) mass is 282 g/mol. The van der Waals surface area contributed by atoms with Crippen LogP contribution in [0.4, 0.5) is 24.1 Å². The molecule has 1 rings (SSSR count). The van der Waals surface area contributed by atoms with Crippen LogP contribution in [-0.2, 0) is 0 Å². The van der Waals surface area contributed by atoms with E-state index in [1.165, 1.54) is 0 Å². The lowest BCUT2D eigenvalue weighted by Crippen LogP contribution is -2.33. The molecular weight excluding hydrogens is 269 g/mol. The number of nitrogens with one attached hydrogen (secondary N) is 1. The van der Waals surface area contributed by atoms with Crippen molar-refractivity contribution >= 4 is 28.2 Å². The summed E-state index contributed by atoms with van der Waals surface area (Å²) in [6.45, 7) is 1.14. The minimum absolute atomic E-state index is 0.00505. The van der Waals surface area contributed by atoms with E-state index < -0.39 is 18.6 Å². The Morgan fingerprint density at radius 1 is 1.56 bits per heavy atom. The number of nitrogen functional groups attached to an aromatic ring is 1. The third kappa shape index (κ3) is 3.76. The number of anilines is 2. The van der Waals surface area contributed by atoms with Gasteiger partial charge in [0.25, 0.3) is 5.91 Å². The third-order valence-electron chi connectivity index (χ3n) is 2.10. The summed E-state index contributed by atoms with van der Waals surface area (Å²) in [7, 11) is 1.75. The smallest absolute Gasteiger partial charge is 0.382 e. The first kappa shape index (κ1) is 14.6. The summed E-state index contributed by atoms with van der Waals surface area (Å²) in [4.78, 5) is 17.2. The van der Waals surface area contributed by atoms with Crippen molar-refractivity contribution in [2.24, 2.45) is 0 Å². The molecule has 0 aliphatic heterocycles. The molecule has 1 heterocycles. The van der Waals surface area contributed by atoms with E-state index in [2.05, 4.69) is 4.98 Å². The van der Waals surface area contributed by atoms with E-state index in [9.17, 15) is 18.0 Å². The number of nitrogens with two attached hydrogens (primary N) is 1. The molecule has 0 radical (unpaired) electrons. The largest absolute Gasteiger partial charge is 0.405 e. The Bertz CT molecular complexity index is 432. The number of carbonyl (C=O) groups excluding carboxylic acids is 1. The fraction of sp³-hybridized carbons (Fsp3) is 0.556. The number of hydrogen-bond acceptors (Lipinski definition) is 5. The van der Waals surface area contributed by atoms with Crippen LogP contribution in [0.5, 0.6) is 0 Å². The van der Waals surface area contributed by atoms with Crippen LogP contribution in [0, 0.1) is 0 Å². The van der Waals surface area contributed by atoms with Crippen molar-refractivity contribution in [2.75, 3.05) is 30.8 Å². The summed E-state index contributed by atoms with van der Waals surface area (Å²) >= 11 is 0.961. The van der Waals surface area contributed by atoms with Gasteiger partial charge in [0, 0.05) is 13.6 Å². The van der Waals surface area contributed by atoms with Gasteiger partial charge in [0.1, 0.15) is 17.2 Å². The quantitative estimate of drug-likeness (QED) is 0.877. The molecule has 0 spiro atoms. The molecule has 5 nitrogen and oxygen atoms in total. The molecule has 0 bridgehead atoms. The standard InChI is InChI=1S/C9H13F3N4OS/c1-3-16(2)8-15-6(13)5(18-8)7(17)14-4-9(10,11)12/h3-4,13H2,1-2H3,(H,14,17). The van der Waals surface area contributed by atoms with Gasteiger partial charge >= 0.3 is 6.18 Å². The highest BCUT2D eigenvalue weighted by atomic mass is 32.1. The fourth-order valence-electron chi connectivity index (χ4n) is 1.04. The van der Waals surface area contributed by atoms with Crippen LogP contribution in [-0.4, -0.2) is 37.2 Å². The van der Waals surface area contributed by atoms with Crippen molar-refractivity contribution in [1.82, 2.24) is 10.3 Å². The van der Waals surface area contributed by atoms with Gasteiger partial charge < -0.3 is 16.0 Å². The second-order valence-corrected chi connectivity index (χ2v) is 4.50. The fourth-order valence-corrected chi connectivity index (χ4v) is 1.97. The maximum absolute atomic E-state index is 12.0. The number of aromatic nitrogens is 1. The van der Waals surface area contributed by atoms with Crippen LogP contribution < -0.4 is 16.0 Å². The number of thiazole rings is 1. The van der Waals surface area contributed by atoms with Gasteiger partial charge in [-0.15, -0.1) is 0 Å². The van der Waals surface area contributed by atoms with Crippen LogP contribution in [0.1, 0.15) is 16.6 Å². The summed E-state index contributed by atoms with van der Waals surface area (Å²) in [5.74, 6) is -0.923. The summed E-state index contributed by atoms with van der Waals surface area (Å²) in [5, 5.41) is 2.25. The van der Waals surface area contributed by atoms with Crippen LogP contribution >= 0.6 is 11.3 Å². The van der Waals surface area contributed by atoms with Crippen LogP contribution in [0.25, 0.3) is 0 Å². The van der Waals surface area contributed by atoms with Crippen molar-refractivity contribution in [3.8, 4) is 0 Å². The predicted molar refractivity (Wildman–Crippen MR) is 63.9 cm³/mol. The Labute approximate surface area is 106 Å². The Morgan fingerprint density at radius 3 is 2.67 bits per heavy atom. The molecular formula is C9H13F3N4OS. The van der Waals surface area contributed by atoms with Gasteiger partial charge in [-0.2, -0.15) is 13.2 Å². The van der Waals surface area contributed by atoms with E-state index in [4.69, 9.17) is 5.73 Å². The molecule has 1 aromatic heterocycles. The predicted octanol–water partition coefficient (Wildman–Crippen LogP) is 1.47. The van der Waals surface area contributed by atoms with Crippen LogP contribution in [0.15, 0.2) is 0 Å². The van der Waals surface area contributed by atoms with E-state index in [0.29, 0.717) is 11.7 Å². The summed E-state index contributed by atoms with van der Waals surface area (Å²) < 4.78 is 35.9. The zero-order valence-corrected chi connectivity index (χ0v) is 10.7. The van der Waals surface area contributed by atoms with Crippen LogP contribution in [0.2, 0.25) is 0 Å². The first-order valence-corrected chi connectivity index (χ1v) is 5.88. The maximum atomic E-state index is 12.0. The highest BCUT2D eigenvalue weighted by molar-refractivity contribution is 7.18. The van der Waals surface area contributed by atoms with E-state index >= 15 is 0 Å². The van der Waals surface area contributed by atoms with Crippen LogP contribution in [0.3, 0.4) is 0 Å². The molecule has 9 heteroatoms. The SMILES string of the molecule is CCN(C)c1nc(N)c(C(=O)NCC(F)(F)F)s1. The average Bonchev–Trinajstić information content (AvgIpc) is 2.66. The highest BCUT2D eigenvalue weighted by Crippen LogP contribution is 2.27. The highest BCUT2D eigenvalue weighted by Gasteiger charge is 2.29. The number of halogens is 3. The number of hydrogen-bond donors (Lipinski definition) is 2. The summed E-state index contributed by atoms with van der Waals surface area (Å²) in [5.41, 5.74) is 5.50. The van der Waals surface area contributed by atoms with Crippen molar-refractivity contribution in [1.29, 1.82) is 0 Å². The van der Waals surface area contributed by atoms with Gasteiger partial charge in [0.2, 0.25) is 0 Å². The molecule has 0 aliphatic rings. The van der Waals surface area contributed by atoms with E-state index in [-0.39, 0.29) is 10.7 Å². The molecule has 102 valence electrons. The number of rotatable bonds is 4. The van der Waals surface area contributed by atoms with Gasteiger partial charge in [-0.05, 0) is 6.92 Å². The van der Waals surface area contributed by atoms with E-state index in [0.717, 1.165) is 11.3 Å². The molecule has 18 heavy (non-hydrogen) atoms. The zero-order valence-electron chi connectivity index (χ0n) is 9.84. The average molecular weight is 282 g/mol. The lowest BCUT2D eigenvalue weighted by Gasteiger charge is -2.11.